The standard InChI is InChI=1S/C14H18N2O/c1-11(2)16-8-7-14(10-16)17-13-5-3-12(9-15)4-6-13/h3-6,11,14H,7-8,10H2,1-2H3. The van der Waals surface area contributed by atoms with E-state index in [9.17, 15) is 0 Å². The van der Waals surface area contributed by atoms with E-state index in [1.165, 1.54) is 0 Å². The molecule has 3 nitrogen and oxygen atoms in total. The molecule has 3 heteroatoms. The Hall–Kier alpha value is -1.53. The lowest BCUT2D eigenvalue weighted by atomic mass is 10.2. The van der Waals surface area contributed by atoms with E-state index in [0.717, 1.165) is 25.3 Å². The highest BCUT2D eigenvalue weighted by Gasteiger charge is 2.25. The van der Waals surface area contributed by atoms with Crippen LogP contribution < -0.4 is 4.74 Å². The quantitative estimate of drug-likeness (QED) is 0.800. The lowest BCUT2D eigenvalue weighted by Crippen LogP contribution is -2.30. The first-order chi connectivity index (χ1) is 8.19. The Morgan fingerprint density at radius 1 is 1.35 bits per heavy atom. The average molecular weight is 230 g/mol. The number of ether oxygens (including phenoxy) is 1. The fraction of sp³-hybridized carbons (Fsp3) is 0.500. The zero-order valence-corrected chi connectivity index (χ0v) is 10.4. The van der Waals surface area contributed by atoms with Gasteiger partial charge >= 0.3 is 0 Å². The molecule has 0 bridgehead atoms. The lowest BCUT2D eigenvalue weighted by Gasteiger charge is -2.20. The van der Waals surface area contributed by atoms with Crippen LogP contribution in [0.3, 0.4) is 0 Å². The minimum absolute atomic E-state index is 0.283. The van der Waals surface area contributed by atoms with Gasteiger partial charge in [-0.3, -0.25) is 4.90 Å². The number of nitrogens with zero attached hydrogens (tertiary/aromatic N) is 2. The van der Waals surface area contributed by atoms with Crippen molar-refractivity contribution in [2.75, 3.05) is 13.1 Å². The third kappa shape index (κ3) is 2.98. The third-order valence-corrected chi connectivity index (χ3v) is 3.19. The normalized spacial score (nSPS) is 20.5. The van der Waals surface area contributed by atoms with Gasteiger partial charge in [0.25, 0.3) is 0 Å². The van der Waals surface area contributed by atoms with Crippen molar-refractivity contribution in [2.24, 2.45) is 0 Å². The Labute approximate surface area is 103 Å². The maximum atomic E-state index is 8.71. The molecule has 1 unspecified atom stereocenters. The highest BCUT2D eigenvalue weighted by Crippen LogP contribution is 2.20. The molecule has 0 spiro atoms. The molecule has 1 heterocycles. The molecule has 0 radical (unpaired) electrons. The molecular weight excluding hydrogens is 212 g/mol. The van der Waals surface area contributed by atoms with E-state index in [1.54, 1.807) is 12.1 Å². The van der Waals surface area contributed by atoms with Crippen LogP contribution in [0.2, 0.25) is 0 Å². The van der Waals surface area contributed by atoms with E-state index in [0.29, 0.717) is 11.6 Å². The van der Waals surface area contributed by atoms with Crippen molar-refractivity contribution in [3.05, 3.63) is 29.8 Å². The third-order valence-electron chi connectivity index (χ3n) is 3.19. The first kappa shape index (κ1) is 11.9. The summed E-state index contributed by atoms with van der Waals surface area (Å²) in [5.74, 6) is 0.861. The number of hydrogen-bond donors (Lipinski definition) is 0. The molecule has 1 aromatic rings. The molecule has 90 valence electrons. The van der Waals surface area contributed by atoms with Crippen LogP contribution in [0, 0.1) is 11.3 Å². The molecule has 0 saturated carbocycles. The Morgan fingerprint density at radius 3 is 2.59 bits per heavy atom. The number of nitriles is 1. The Balaban J connectivity index is 1.91. The second-order valence-electron chi connectivity index (χ2n) is 4.75. The van der Waals surface area contributed by atoms with Gasteiger partial charge in [-0.2, -0.15) is 5.26 Å². The van der Waals surface area contributed by atoms with Crippen molar-refractivity contribution < 1.29 is 4.74 Å². The lowest BCUT2D eigenvalue weighted by molar-refractivity contribution is 0.187. The van der Waals surface area contributed by atoms with Gasteiger partial charge in [0.1, 0.15) is 11.9 Å². The van der Waals surface area contributed by atoms with Crippen LogP contribution >= 0.6 is 0 Å². The monoisotopic (exact) mass is 230 g/mol. The van der Waals surface area contributed by atoms with Crippen LogP contribution in [0.25, 0.3) is 0 Å². The van der Waals surface area contributed by atoms with Crippen LogP contribution in [0.4, 0.5) is 0 Å². The fourth-order valence-corrected chi connectivity index (χ4v) is 2.12. The van der Waals surface area contributed by atoms with Crippen molar-refractivity contribution in [3.8, 4) is 11.8 Å². The molecule has 0 amide bonds. The zero-order valence-electron chi connectivity index (χ0n) is 10.4. The fourth-order valence-electron chi connectivity index (χ4n) is 2.12. The Kier molecular flexibility index (Phi) is 3.65. The van der Waals surface area contributed by atoms with Crippen molar-refractivity contribution in [2.45, 2.75) is 32.4 Å². The minimum atomic E-state index is 0.283. The van der Waals surface area contributed by atoms with Gasteiger partial charge in [-0.15, -0.1) is 0 Å². The summed E-state index contributed by atoms with van der Waals surface area (Å²) in [6.45, 7) is 6.53. The van der Waals surface area contributed by atoms with Crippen molar-refractivity contribution in [1.82, 2.24) is 4.90 Å². The van der Waals surface area contributed by atoms with Gasteiger partial charge in [-0.05, 0) is 44.5 Å². The average Bonchev–Trinajstić information content (AvgIpc) is 2.79. The predicted octanol–water partition coefficient (Wildman–Crippen LogP) is 2.42. The maximum Gasteiger partial charge on any atom is 0.119 e. The Bertz CT molecular complexity index is 405. The largest absolute Gasteiger partial charge is 0.489 e. The van der Waals surface area contributed by atoms with Crippen LogP contribution in [0.5, 0.6) is 5.75 Å². The summed E-state index contributed by atoms with van der Waals surface area (Å²) < 4.78 is 5.90. The van der Waals surface area contributed by atoms with Gasteiger partial charge in [-0.25, -0.2) is 0 Å². The molecule has 0 N–H and O–H groups in total. The number of hydrogen-bond acceptors (Lipinski definition) is 3. The summed E-state index contributed by atoms with van der Waals surface area (Å²) in [5.41, 5.74) is 0.674. The minimum Gasteiger partial charge on any atom is -0.489 e. The van der Waals surface area contributed by atoms with E-state index >= 15 is 0 Å². The van der Waals surface area contributed by atoms with Gasteiger partial charge in [0.2, 0.25) is 0 Å². The molecule has 0 aromatic heterocycles. The number of benzene rings is 1. The highest BCUT2D eigenvalue weighted by atomic mass is 16.5. The summed E-state index contributed by atoms with van der Waals surface area (Å²) in [7, 11) is 0. The molecule has 0 aliphatic carbocycles. The molecule has 1 aromatic carbocycles. The van der Waals surface area contributed by atoms with Crippen LogP contribution in [-0.4, -0.2) is 30.1 Å². The van der Waals surface area contributed by atoms with Gasteiger partial charge in [0, 0.05) is 19.1 Å². The zero-order chi connectivity index (χ0) is 12.3. The van der Waals surface area contributed by atoms with E-state index in [4.69, 9.17) is 10.00 Å². The van der Waals surface area contributed by atoms with Crippen LogP contribution in [-0.2, 0) is 0 Å². The van der Waals surface area contributed by atoms with Crippen molar-refractivity contribution in [3.63, 3.8) is 0 Å². The van der Waals surface area contributed by atoms with Crippen molar-refractivity contribution in [1.29, 1.82) is 5.26 Å². The molecular formula is C14H18N2O. The summed E-state index contributed by atoms with van der Waals surface area (Å²) in [5, 5.41) is 8.71. The second kappa shape index (κ2) is 5.20. The van der Waals surface area contributed by atoms with E-state index in [1.807, 2.05) is 12.1 Å². The molecule has 1 aliphatic heterocycles. The number of likely N-dealkylation sites (tertiary alicyclic amines) is 1. The van der Waals surface area contributed by atoms with Gasteiger partial charge in [-0.1, -0.05) is 0 Å². The number of rotatable bonds is 3. The van der Waals surface area contributed by atoms with Gasteiger partial charge in [0.15, 0.2) is 0 Å². The maximum absolute atomic E-state index is 8.71. The molecule has 17 heavy (non-hydrogen) atoms. The van der Waals surface area contributed by atoms with E-state index < -0.39 is 0 Å². The molecule has 1 aliphatic rings. The highest BCUT2D eigenvalue weighted by molar-refractivity contribution is 5.34. The summed E-state index contributed by atoms with van der Waals surface area (Å²) >= 11 is 0. The first-order valence-electron chi connectivity index (χ1n) is 6.10. The first-order valence-corrected chi connectivity index (χ1v) is 6.10. The van der Waals surface area contributed by atoms with Crippen molar-refractivity contribution >= 4 is 0 Å². The molecule has 1 atom stereocenters. The summed E-state index contributed by atoms with van der Waals surface area (Å²) in [6, 6.07) is 10.0. The topological polar surface area (TPSA) is 36.3 Å². The SMILES string of the molecule is CC(C)N1CCC(Oc2ccc(C#N)cc2)C1. The van der Waals surface area contributed by atoms with Crippen LogP contribution in [0.1, 0.15) is 25.8 Å². The second-order valence-corrected chi connectivity index (χ2v) is 4.75. The summed E-state index contributed by atoms with van der Waals surface area (Å²) in [4.78, 5) is 2.42. The summed E-state index contributed by atoms with van der Waals surface area (Å²) in [6.07, 6.45) is 1.36. The van der Waals surface area contributed by atoms with Gasteiger partial charge < -0.3 is 4.74 Å². The van der Waals surface area contributed by atoms with Crippen LogP contribution in [0.15, 0.2) is 24.3 Å². The molecule has 1 fully saturated rings. The van der Waals surface area contributed by atoms with Gasteiger partial charge in [0.05, 0.1) is 11.6 Å². The van der Waals surface area contributed by atoms with E-state index in [-0.39, 0.29) is 6.10 Å². The molecule has 2 rings (SSSR count). The smallest absolute Gasteiger partial charge is 0.119 e. The predicted molar refractivity (Wildman–Crippen MR) is 66.9 cm³/mol. The molecule has 1 saturated heterocycles. The Morgan fingerprint density at radius 2 is 2.06 bits per heavy atom. The van der Waals surface area contributed by atoms with E-state index in [2.05, 4.69) is 24.8 Å².